The third-order valence-corrected chi connectivity index (χ3v) is 3.20. The van der Waals surface area contributed by atoms with Gasteiger partial charge in [-0.3, -0.25) is 4.79 Å². The maximum absolute atomic E-state index is 13.0. The first-order chi connectivity index (χ1) is 8.56. The number of hydrogen-bond acceptors (Lipinski definition) is 2. The first-order valence-electron chi connectivity index (χ1n) is 6.04. The van der Waals surface area contributed by atoms with Gasteiger partial charge in [0, 0.05) is 12.6 Å². The Morgan fingerprint density at radius 2 is 2.28 bits per heavy atom. The molecule has 1 fully saturated rings. The highest BCUT2D eigenvalue weighted by Crippen LogP contribution is 2.19. The lowest BCUT2D eigenvalue weighted by Crippen LogP contribution is -2.42. The predicted molar refractivity (Wildman–Crippen MR) is 68.9 cm³/mol. The van der Waals surface area contributed by atoms with E-state index in [0.717, 1.165) is 18.4 Å². The summed E-state index contributed by atoms with van der Waals surface area (Å²) in [5, 5.41) is 6.11. The number of carbonyl (C=O) groups excluding carboxylic acids is 1. The molecule has 2 N–H and O–H groups in total. The zero-order valence-electron chi connectivity index (χ0n) is 10.2. The van der Waals surface area contributed by atoms with Crippen LogP contribution in [-0.4, -0.2) is 18.0 Å². The molecule has 1 aromatic carbocycles. The highest BCUT2D eigenvalue weighted by atomic mass is 35.5. The Labute approximate surface area is 111 Å². The molecule has 0 saturated heterocycles. The molecule has 1 aliphatic carbocycles. The highest BCUT2D eigenvalue weighted by Gasteiger charge is 2.25. The van der Waals surface area contributed by atoms with Crippen LogP contribution in [0.2, 0.25) is 5.02 Å². The van der Waals surface area contributed by atoms with E-state index in [1.54, 1.807) is 12.1 Å². The van der Waals surface area contributed by atoms with E-state index in [0.29, 0.717) is 12.6 Å². The largest absolute Gasteiger partial charge is 0.352 e. The molecular formula is C13H16ClFN2O. The smallest absolute Gasteiger partial charge is 0.237 e. The SMILES string of the molecule is CC(NCc1ccc(F)c(Cl)c1)C(=O)NC1CC1. The van der Waals surface area contributed by atoms with Gasteiger partial charge in [-0.15, -0.1) is 0 Å². The molecule has 1 amide bonds. The molecule has 1 aromatic rings. The maximum Gasteiger partial charge on any atom is 0.237 e. The Morgan fingerprint density at radius 1 is 1.56 bits per heavy atom. The van der Waals surface area contributed by atoms with Gasteiger partial charge in [0.25, 0.3) is 0 Å². The number of hydrogen-bond donors (Lipinski definition) is 2. The van der Waals surface area contributed by atoms with Crippen molar-refractivity contribution in [3.63, 3.8) is 0 Å². The van der Waals surface area contributed by atoms with Crippen LogP contribution in [-0.2, 0) is 11.3 Å². The molecule has 2 rings (SSSR count). The number of halogens is 2. The number of benzene rings is 1. The van der Waals surface area contributed by atoms with Gasteiger partial charge in [0.15, 0.2) is 0 Å². The zero-order valence-corrected chi connectivity index (χ0v) is 10.9. The molecule has 18 heavy (non-hydrogen) atoms. The Hall–Kier alpha value is -1.13. The van der Waals surface area contributed by atoms with Gasteiger partial charge in [0.1, 0.15) is 5.82 Å². The number of rotatable bonds is 5. The van der Waals surface area contributed by atoms with E-state index in [4.69, 9.17) is 11.6 Å². The second-order valence-corrected chi connectivity index (χ2v) is 5.04. The highest BCUT2D eigenvalue weighted by molar-refractivity contribution is 6.30. The summed E-state index contributed by atoms with van der Waals surface area (Å²) in [6.07, 6.45) is 2.15. The molecule has 0 spiro atoms. The lowest BCUT2D eigenvalue weighted by atomic mass is 10.2. The van der Waals surface area contributed by atoms with Gasteiger partial charge in [-0.1, -0.05) is 17.7 Å². The summed E-state index contributed by atoms with van der Waals surface area (Å²) in [6.45, 7) is 2.29. The van der Waals surface area contributed by atoms with Crippen LogP contribution in [0, 0.1) is 5.82 Å². The second kappa shape index (κ2) is 5.67. The van der Waals surface area contributed by atoms with Crippen LogP contribution in [0.3, 0.4) is 0 Å². The van der Waals surface area contributed by atoms with Gasteiger partial charge in [0.2, 0.25) is 5.91 Å². The Kier molecular flexibility index (Phi) is 4.19. The lowest BCUT2D eigenvalue weighted by molar-refractivity contribution is -0.122. The molecule has 0 aliphatic heterocycles. The van der Waals surface area contributed by atoms with Crippen LogP contribution >= 0.6 is 11.6 Å². The molecule has 1 aliphatic rings. The Bertz CT molecular complexity index is 449. The summed E-state index contributed by atoms with van der Waals surface area (Å²) >= 11 is 5.69. The summed E-state index contributed by atoms with van der Waals surface area (Å²) < 4.78 is 13.0. The van der Waals surface area contributed by atoms with Crippen LogP contribution in [0.15, 0.2) is 18.2 Å². The number of nitrogens with one attached hydrogen (secondary N) is 2. The number of amides is 1. The second-order valence-electron chi connectivity index (χ2n) is 4.63. The van der Waals surface area contributed by atoms with Crippen molar-refractivity contribution in [2.75, 3.05) is 0 Å². The van der Waals surface area contributed by atoms with E-state index in [-0.39, 0.29) is 17.0 Å². The fourth-order valence-corrected chi connectivity index (χ4v) is 1.77. The topological polar surface area (TPSA) is 41.1 Å². The van der Waals surface area contributed by atoms with Crippen molar-refractivity contribution >= 4 is 17.5 Å². The van der Waals surface area contributed by atoms with Gasteiger partial charge in [0.05, 0.1) is 11.1 Å². The minimum atomic E-state index is -0.431. The predicted octanol–water partition coefficient (Wildman–Crippen LogP) is 2.24. The Balaban J connectivity index is 1.82. The number of carbonyl (C=O) groups is 1. The van der Waals surface area contributed by atoms with E-state index in [2.05, 4.69) is 10.6 Å². The van der Waals surface area contributed by atoms with Gasteiger partial charge in [-0.2, -0.15) is 0 Å². The lowest BCUT2D eigenvalue weighted by Gasteiger charge is -2.13. The van der Waals surface area contributed by atoms with Crippen molar-refractivity contribution in [1.29, 1.82) is 0 Å². The van der Waals surface area contributed by atoms with Crippen LogP contribution in [0.5, 0.6) is 0 Å². The van der Waals surface area contributed by atoms with Gasteiger partial charge >= 0.3 is 0 Å². The normalized spacial score (nSPS) is 16.4. The van der Waals surface area contributed by atoms with Crippen LogP contribution in [0.4, 0.5) is 4.39 Å². The summed E-state index contributed by atoms with van der Waals surface area (Å²) in [5.41, 5.74) is 0.854. The third kappa shape index (κ3) is 3.68. The average Bonchev–Trinajstić information content (AvgIpc) is 3.14. The van der Waals surface area contributed by atoms with Crippen molar-refractivity contribution in [3.05, 3.63) is 34.6 Å². The fraction of sp³-hybridized carbons (Fsp3) is 0.462. The average molecular weight is 271 g/mol. The van der Waals surface area contributed by atoms with E-state index in [9.17, 15) is 9.18 Å². The van der Waals surface area contributed by atoms with Crippen molar-refractivity contribution < 1.29 is 9.18 Å². The van der Waals surface area contributed by atoms with E-state index in [1.165, 1.54) is 6.07 Å². The van der Waals surface area contributed by atoms with Gasteiger partial charge < -0.3 is 10.6 Å². The van der Waals surface area contributed by atoms with Gasteiger partial charge in [-0.05, 0) is 37.5 Å². The van der Waals surface area contributed by atoms with E-state index < -0.39 is 5.82 Å². The molecule has 1 atom stereocenters. The molecule has 1 saturated carbocycles. The molecular weight excluding hydrogens is 255 g/mol. The van der Waals surface area contributed by atoms with E-state index in [1.807, 2.05) is 6.92 Å². The van der Waals surface area contributed by atoms with Crippen LogP contribution in [0.25, 0.3) is 0 Å². The summed E-state index contributed by atoms with van der Waals surface area (Å²) in [4.78, 5) is 11.7. The summed E-state index contributed by atoms with van der Waals surface area (Å²) in [5.74, 6) is -0.425. The fourth-order valence-electron chi connectivity index (χ4n) is 1.57. The third-order valence-electron chi connectivity index (χ3n) is 2.91. The molecule has 0 radical (unpaired) electrons. The molecule has 0 heterocycles. The maximum atomic E-state index is 13.0. The van der Waals surface area contributed by atoms with Gasteiger partial charge in [-0.25, -0.2) is 4.39 Å². The molecule has 0 aromatic heterocycles. The van der Waals surface area contributed by atoms with Crippen LogP contribution < -0.4 is 10.6 Å². The molecule has 98 valence electrons. The first-order valence-corrected chi connectivity index (χ1v) is 6.42. The summed E-state index contributed by atoms with van der Waals surface area (Å²) in [6, 6.07) is 4.64. The minimum Gasteiger partial charge on any atom is -0.352 e. The van der Waals surface area contributed by atoms with Crippen LogP contribution in [0.1, 0.15) is 25.3 Å². The summed E-state index contributed by atoms with van der Waals surface area (Å²) in [7, 11) is 0. The van der Waals surface area contributed by atoms with Crippen molar-refractivity contribution in [2.45, 2.75) is 38.4 Å². The van der Waals surface area contributed by atoms with Crippen molar-refractivity contribution in [3.8, 4) is 0 Å². The van der Waals surface area contributed by atoms with E-state index >= 15 is 0 Å². The van der Waals surface area contributed by atoms with Crippen molar-refractivity contribution in [2.24, 2.45) is 0 Å². The molecule has 0 bridgehead atoms. The van der Waals surface area contributed by atoms with Crippen molar-refractivity contribution in [1.82, 2.24) is 10.6 Å². The molecule has 1 unspecified atom stereocenters. The Morgan fingerprint density at radius 3 is 2.89 bits per heavy atom. The standard InChI is InChI=1S/C13H16ClFN2O/c1-8(13(18)17-10-3-4-10)16-7-9-2-5-12(15)11(14)6-9/h2,5-6,8,10,16H,3-4,7H2,1H3,(H,17,18). The monoisotopic (exact) mass is 270 g/mol. The first kappa shape index (κ1) is 13.3. The quantitative estimate of drug-likeness (QED) is 0.862. The molecule has 3 nitrogen and oxygen atoms in total. The minimum absolute atomic E-state index is 0.00529. The molecule has 5 heteroatoms. The zero-order chi connectivity index (χ0) is 13.1.